The second-order valence-electron chi connectivity index (χ2n) is 9.02. The Balaban J connectivity index is 1.19. The van der Waals surface area contributed by atoms with Crippen molar-refractivity contribution in [2.24, 2.45) is 0 Å². The molecule has 5 nitrogen and oxygen atoms in total. The maximum atomic E-state index is 12.8. The van der Waals surface area contributed by atoms with Gasteiger partial charge in [-0.05, 0) is 50.3 Å². The van der Waals surface area contributed by atoms with Gasteiger partial charge in [0.05, 0.1) is 0 Å². The van der Waals surface area contributed by atoms with Crippen molar-refractivity contribution >= 4 is 16.8 Å². The van der Waals surface area contributed by atoms with Crippen molar-refractivity contribution in [3.63, 3.8) is 0 Å². The highest BCUT2D eigenvalue weighted by Crippen LogP contribution is 2.41. The van der Waals surface area contributed by atoms with Gasteiger partial charge in [-0.2, -0.15) is 0 Å². The molecule has 0 spiro atoms. The van der Waals surface area contributed by atoms with Crippen molar-refractivity contribution in [3.05, 3.63) is 59.8 Å². The number of hydrogen-bond donors (Lipinski definition) is 1. The van der Waals surface area contributed by atoms with Crippen molar-refractivity contribution in [1.82, 2.24) is 9.88 Å². The third kappa shape index (κ3) is 3.53. The van der Waals surface area contributed by atoms with Crippen molar-refractivity contribution in [2.75, 3.05) is 19.7 Å². The number of rotatable bonds is 4. The van der Waals surface area contributed by atoms with Crippen LogP contribution in [-0.2, 0) is 11.2 Å². The first-order valence-corrected chi connectivity index (χ1v) is 10.8. The molecular weight excluding hydrogens is 376 g/mol. The van der Waals surface area contributed by atoms with Crippen molar-refractivity contribution < 1.29 is 14.3 Å². The lowest BCUT2D eigenvalue weighted by Crippen LogP contribution is -2.40. The van der Waals surface area contributed by atoms with E-state index in [1.807, 2.05) is 17.0 Å². The monoisotopic (exact) mass is 404 g/mol. The van der Waals surface area contributed by atoms with Crippen LogP contribution in [0.2, 0.25) is 0 Å². The Morgan fingerprint density at radius 1 is 1.17 bits per heavy atom. The molecule has 0 atom stereocenters. The van der Waals surface area contributed by atoms with Gasteiger partial charge in [0.25, 0.3) is 5.91 Å². The molecule has 5 heteroatoms. The third-order valence-electron chi connectivity index (χ3n) is 6.31. The Hall–Kier alpha value is -2.95. The molecule has 1 amide bonds. The highest BCUT2D eigenvalue weighted by atomic mass is 16.5. The maximum absolute atomic E-state index is 12.8. The number of benzene rings is 2. The molecule has 156 valence electrons. The van der Waals surface area contributed by atoms with Gasteiger partial charge in [0, 0.05) is 42.2 Å². The molecule has 2 aliphatic rings. The van der Waals surface area contributed by atoms with Gasteiger partial charge in [0.15, 0.2) is 18.1 Å². The van der Waals surface area contributed by atoms with Gasteiger partial charge in [0.1, 0.15) is 5.60 Å². The van der Waals surface area contributed by atoms with Gasteiger partial charge in [-0.1, -0.05) is 30.3 Å². The number of fused-ring (bicyclic) bond motifs is 2. The number of nitrogens with one attached hydrogen (secondary N) is 1. The molecule has 0 unspecified atom stereocenters. The quantitative estimate of drug-likeness (QED) is 0.688. The van der Waals surface area contributed by atoms with E-state index < -0.39 is 0 Å². The number of ether oxygens (including phenoxy) is 2. The predicted molar refractivity (Wildman–Crippen MR) is 117 cm³/mol. The minimum atomic E-state index is -0.226. The molecule has 5 rings (SSSR count). The number of aromatic amines is 1. The van der Waals surface area contributed by atoms with Crippen molar-refractivity contribution in [2.45, 2.75) is 44.6 Å². The van der Waals surface area contributed by atoms with Crippen LogP contribution in [0.1, 0.15) is 43.7 Å². The first-order chi connectivity index (χ1) is 14.5. The van der Waals surface area contributed by atoms with E-state index in [1.54, 1.807) is 0 Å². The van der Waals surface area contributed by atoms with Gasteiger partial charge in [0.2, 0.25) is 0 Å². The molecular formula is C25H28N2O3. The van der Waals surface area contributed by atoms with Crippen LogP contribution < -0.4 is 9.47 Å². The molecule has 2 aliphatic heterocycles. The van der Waals surface area contributed by atoms with Gasteiger partial charge >= 0.3 is 0 Å². The SMILES string of the molecule is CC1(C)Cc2cccc(OCC(=O)N3CCC(c4c[nH]c5ccccc45)CC3)c2O1. The number of para-hydroxylation sites is 2. The molecule has 0 radical (unpaired) electrons. The van der Waals surface area contributed by atoms with E-state index in [4.69, 9.17) is 9.47 Å². The average molecular weight is 405 g/mol. The summed E-state index contributed by atoms with van der Waals surface area (Å²) in [6.45, 7) is 5.73. The summed E-state index contributed by atoms with van der Waals surface area (Å²) in [6.07, 6.45) is 4.94. The zero-order valence-electron chi connectivity index (χ0n) is 17.6. The molecule has 3 heterocycles. The average Bonchev–Trinajstić information content (AvgIpc) is 3.31. The van der Waals surface area contributed by atoms with E-state index in [2.05, 4.69) is 55.4 Å². The molecule has 0 bridgehead atoms. The van der Waals surface area contributed by atoms with Crippen LogP contribution in [0.25, 0.3) is 10.9 Å². The van der Waals surface area contributed by atoms with E-state index in [9.17, 15) is 4.79 Å². The van der Waals surface area contributed by atoms with Crippen LogP contribution >= 0.6 is 0 Å². The Kier molecular flexibility index (Phi) is 4.69. The molecule has 0 saturated carbocycles. The lowest BCUT2D eigenvalue weighted by molar-refractivity contribution is -0.134. The molecule has 1 N–H and O–H groups in total. The van der Waals surface area contributed by atoms with Crippen LogP contribution in [-0.4, -0.2) is 41.1 Å². The van der Waals surface area contributed by atoms with E-state index in [0.717, 1.165) is 43.7 Å². The lowest BCUT2D eigenvalue weighted by atomic mass is 9.89. The number of carbonyl (C=O) groups excluding carboxylic acids is 1. The van der Waals surface area contributed by atoms with Gasteiger partial charge < -0.3 is 19.4 Å². The third-order valence-corrected chi connectivity index (χ3v) is 6.31. The largest absolute Gasteiger partial charge is 0.483 e. The number of likely N-dealkylation sites (tertiary alicyclic amines) is 1. The van der Waals surface area contributed by atoms with Crippen LogP contribution in [0.4, 0.5) is 0 Å². The normalized spacial score (nSPS) is 18.3. The fraction of sp³-hybridized carbons (Fsp3) is 0.400. The second-order valence-corrected chi connectivity index (χ2v) is 9.02. The summed E-state index contributed by atoms with van der Waals surface area (Å²) >= 11 is 0. The molecule has 30 heavy (non-hydrogen) atoms. The van der Waals surface area contributed by atoms with E-state index >= 15 is 0 Å². The number of hydrogen-bond acceptors (Lipinski definition) is 3. The van der Waals surface area contributed by atoms with Crippen molar-refractivity contribution in [3.8, 4) is 11.5 Å². The zero-order chi connectivity index (χ0) is 20.7. The van der Waals surface area contributed by atoms with Crippen LogP contribution in [0, 0.1) is 0 Å². The van der Waals surface area contributed by atoms with Crippen LogP contribution in [0.3, 0.4) is 0 Å². The molecule has 1 fully saturated rings. The lowest BCUT2D eigenvalue weighted by Gasteiger charge is -2.32. The fourth-order valence-corrected chi connectivity index (χ4v) is 4.80. The number of H-pyrrole nitrogens is 1. The summed E-state index contributed by atoms with van der Waals surface area (Å²) in [6, 6.07) is 14.3. The summed E-state index contributed by atoms with van der Waals surface area (Å²) < 4.78 is 11.9. The molecule has 2 aromatic carbocycles. The highest BCUT2D eigenvalue weighted by molar-refractivity contribution is 5.83. The molecule has 1 aromatic heterocycles. The second kappa shape index (κ2) is 7.38. The van der Waals surface area contributed by atoms with E-state index in [1.165, 1.54) is 16.5 Å². The number of amides is 1. The number of carbonyl (C=O) groups is 1. The van der Waals surface area contributed by atoms with E-state index in [0.29, 0.717) is 11.7 Å². The molecule has 1 saturated heterocycles. The summed E-state index contributed by atoms with van der Waals surface area (Å²) in [4.78, 5) is 18.1. The van der Waals surface area contributed by atoms with Gasteiger partial charge in [-0.15, -0.1) is 0 Å². The van der Waals surface area contributed by atoms with Gasteiger partial charge in [-0.3, -0.25) is 4.79 Å². The summed E-state index contributed by atoms with van der Waals surface area (Å²) in [5, 5.41) is 1.30. The maximum Gasteiger partial charge on any atom is 0.260 e. The van der Waals surface area contributed by atoms with E-state index in [-0.39, 0.29) is 18.1 Å². The molecule has 0 aliphatic carbocycles. The van der Waals surface area contributed by atoms with Crippen LogP contribution in [0.15, 0.2) is 48.7 Å². The number of piperidine rings is 1. The minimum absolute atomic E-state index is 0.0437. The zero-order valence-corrected chi connectivity index (χ0v) is 17.6. The number of nitrogens with zero attached hydrogens (tertiary/aromatic N) is 1. The predicted octanol–water partition coefficient (Wildman–Crippen LogP) is 4.67. The first-order valence-electron chi connectivity index (χ1n) is 10.8. The summed E-state index contributed by atoms with van der Waals surface area (Å²) in [7, 11) is 0. The Bertz CT molecular complexity index is 1080. The first kappa shape index (κ1) is 19.0. The summed E-state index contributed by atoms with van der Waals surface area (Å²) in [5.41, 5.74) is 3.47. The summed E-state index contributed by atoms with van der Waals surface area (Å²) in [5.74, 6) is 1.98. The smallest absolute Gasteiger partial charge is 0.260 e. The minimum Gasteiger partial charge on any atom is -0.483 e. The van der Waals surface area contributed by atoms with Crippen LogP contribution in [0.5, 0.6) is 11.5 Å². The van der Waals surface area contributed by atoms with Gasteiger partial charge in [-0.25, -0.2) is 0 Å². The highest BCUT2D eigenvalue weighted by Gasteiger charge is 2.32. The molecule has 3 aromatic rings. The Morgan fingerprint density at radius 3 is 2.80 bits per heavy atom. The topological polar surface area (TPSA) is 54.6 Å². The fourth-order valence-electron chi connectivity index (χ4n) is 4.80. The Morgan fingerprint density at radius 2 is 1.97 bits per heavy atom. The number of aromatic nitrogens is 1. The Labute approximate surface area is 177 Å². The standard InChI is InChI=1S/C25H28N2O3/c1-25(2)14-18-6-5-9-22(24(18)30-25)29-16-23(28)27-12-10-17(11-13-27)20-15-26-21-8-4-3-7-19(20)21/h3-9,15,17,26H,10-14,16H2,1-2H3. The van der Waals surface area contributed by atoms with Crippen molar-refractivity contribution in [1.29, 1.82) is 0 Å².